The summed E-state index contributed by atoms with van der Waals surface area (Å²) in [6.45, 7) is 1.00. The molecule has 0 aromatic rings. The molecule has 2 aliphatic rings. The maximum atomic E-state index is 10.3. The quantitative estimate of drug-likeness (QED) is 0.655. The minimum Gasteiger partial charge on any atom is -0.329 e. The lowest BCUT2D eigenvalue weighted by atomic mass is 9.73. The summed E-state index contributed by atoms with van der Waals surface area (Å²) >= 11 is 0. The molecule has 1 heterocycles. The minimum atomic E-state index is -0.292. The van der Waals surface area contributed by atoms with Gasteiger partial charge in [-0.2, -0.15) is 5.26 Å². The topological polar surface area (TPSA) is 59.3 Å². The largest absolute Gasteiger partial charge is 0.329 e. The average Bonchev–Trinajstić information content (AvgIpc) is 2.17. The first-order valence-electron chi connectivity index (χ1n) is 5.33. The van der Waals surface area contributed by atoms with Crippen molar-refractivity contribution >= 4 is 6.29 Å². The Morgan fingerprint density at radius 3 is 2.07 bits per heavy atom. The Labute approximate surface area is 90.2 Å². The molecule has 2 rings (SSSR count). The number of carbonyl (C=O) groups excluding carboxylic acids is 1. The number of aldehydes is 1. The maximum Gasteiger partial charge on any atom is 0.152 e. The minimum absolute atomic E-state index is 0.292. The van der Waals surface area contributed by atoms with E-state index in [2.05, 4.69) is 15.5 Å². The van der Waals surface area contributed by atoms with E-state index >= 15 is 0 Å². The van der Waals surface area contributed by atoms with Crippen LogP contribution in [0.5, 0.6) is 0 Å². The van der Waals surface area contributed by atoms with Crippen LogP contribution in [0, 0.1) is 16.7 Å². The van der Waals surface area contributed by atoms with Crippen molar-refractivity contribution in [2.75, 3.05) is 13.6 Å². The molecule has 0 radical (unpaired) electrons. The van der Waals surface area contributed by atoms with Crippen molar-refractivity contribution in [1.29, 1.82) is 5.26 Å². The first kappa shape index (κ1) is 12.2. The van der Waals surface area contributed by atoms with Crippen LogP contribution in [-0.2, 0) is 14.3 Å². The molecule has 15 heavy (non-hydrogen) atoms. The highest BCUT2D eigenvalue weighted by molar-refractivity contribution is 5.52. The Morgan fingerprint density at radius 1 is 1.20 bits per heavy atom. The van der Waals surface area contributed by atoms with Gasteiger partial charge in [0.2, 0.25) is 0 Å². The van der Waals surface area contributed by atoms with E-state index in [0.29, 0.717) is 20.0 Å². The molecule has 4 heteroatoms. The van der Waals surface area contributed by atoms with Crippen LogP contribution in [0.2, 0.25) is 0 Å². The lowest BCUT2D eigenvalue weighted by molar-refractivity contribution is -0.247. The molecule has 4 nitrogen and oxygen atoms in total. The van der Waals surface area contributed by atoms with Crippen LogP contribution in [0.4, 0.5) is 0 Å². The van der Waals surface area contributed by atoms with Crippen LogP contribution in [0.15, 0.2) is 0 Å². The highest BCUT2D eigenvalue weighted by Crippen LogP contribution is 2.37. The second-order valence-electron chi connectivity index (χ2n) is 3.97. The molecule has 0 unspecified atom stereocenters. The van der Waals surface area contributed by atoms with Crippen molar-refractivity contribution in [3.63, 3.8) is 0 Å². The van der Waals surface area contributed by atoms with E-state index in [9.17, 15) is 4.79 Å². The fourth-order valence-corrected chi connectivity index (χ4v) is 1.83. The third-order valence-corrected chi connectivity index (χ3v) is 2.86. The summed E-state index contributed by atoms with van der Waals surface area (Å²) < 4.78 is 9.00. The van der Waals surface area contributed by atoms with Gasteiger partial charge in [0.25, 0.3) is 0 Å². The summed E-state index contributed by atoms with van der Waals surface area (Å²) in [6, 6.07) is 2.29. The van der Waals surface area contributed by atoms with Gasteiger partial charge in [0.15, 0.2) is 13.6 Å². The summed E-state index contributed by atoms with van der Waals surface area (Å²) in [4.78, 5) is 10.3. The van der Waals surface area contributed by atoms with Crippen molar-refractivity contribution in [3.8, 4) is 6.07 Å². The smallest absolute Gasteiger partial charge is 0.152 e. The molecular formula is C11H17NO3. The second-order valence-corrected chi connectivity index (χ2v) is 3.97. The fourth-order valence-electron chi connectivity index (χ4n) is 1.83. The van der Waals surface area contributed by atoms with Crippen LogP contribution < -0.4 is 0 Å². The Bertz CT molecular complexity index is 220. The van der Waals surface area contributed by atoms with E-state index in [1.807, 2.05) is 0 Å². The predicted octanol–water partition coefficient (Wildman–Crippen LogP) is 2.00. The molecule has 1 saturated carbocycles. The molecular weight excluding hydrogens is 194 g/mol. The number of carbonyl (C=O) groups is 1. The Kier molecular flexibility index (Phi) is 5.30. The maximum absolute atomic E-state index is 10.3. The number of nitrogens with zero attached hydrogens (tertiary/aromatic N) is 1. The molecule has 1 saturated heterocycles. The SMILES string of the molecule is C1OCO1.N#CC1(CC=O)CCCCC1. The summed E-state index contributed by atoms with van der Waals surface area (Å²) in [5, 5.41) is 8.86. The highest BCUT2D eigenvalue weighted by Gasteiger charge is 2.31. The van der Waals surface area contributed by atoms with Gasteiger partial charge in [-0.1, -0.05) is 19.3 Å². The number of hydrogen-bond donors (Lipinski definition) is 0. The predicted molar refractivity (Wildman–Crippen MR) is 53.7 cm³/mol. The van der Waals surface area contributed by atoms with Crippen molar-refractivity contribution in [2.24, 2.45) is 5.41 Å². The third kappa shape index (κ3) is 3.98. The van der Waals surface area contributed by atoms with Crippen LogP contribution >= 0.6 is 0 Å². The number of ether oxygens (including phenoxy) is 2. The summed E-state index contributed by atoms with van der Waals surface area (Å²) in [6.07, 6.45) is 6.60. The highest BCUT2D eigenvalue weighted by atomic mass is 16.8. The molecule has 0 aromatic carbocycles. The lowest BCUT2D eigenvalue weighted by Crippen LogP contribution is -2.22. The normalized spacial score (nSPS) is 22.6. The van der Waals surface area contributed by atoms with Crippen LogP contribution in [-0.4, -0.2) is 19.9 Å². The average molecular weight is 211 g/mol. The van der Waals surface area contributed by atoms with Gasteiger partial charge in [-0.05, 0) is 12.8 Å². The van der Waals surface area contributed by atoms with Gasteiger partial charge in [0, 0.05) is 6.42 Å². The van der Waals surface area contributed by atoms with Gasteiger partial charge in [0.1, 0.15) is 6.29 Å². The summed E-state index contributed by atoms with van der Waals surface area (Å²) in [5.74, 6) is 0. The van der Waals surface area contributed by atoms with Gasteiger partial charge >= 0.3 is 0 Å². The van der Waals surface area contributed by atoms with Gasteiger partial charge in [0.05, 0.1) is 11.5 Å². The first-order valence-corrected chi connectivity index (χ1v) is 5.33. The number of rotatable bonds is 2. The standard InChI is InChI=1S/C9H13NO.C2H4O2/c10-8-9(6-7-11)4-2-1-3-5-9;1-3-2-4-1/h7H,1-6H2;1-2H2. The molecule has 0 amide bonds. The zero-order valence-electron chi connectivity index (χ0n) is 8.91. The molecule has 0 N–H and O–H groups in total. The van der Waals surface area contributed by atoms with E-state index in [0.717, 1.165) is 32.0 Å². The lowest BCUT2D eigenvalue weighted by Gasteiger charge is -2.28. The van der Waals surface area contributed by atoms with Crippen LogP contribution in [0.25, 0.3) is 0 Å². The molecule has 1 aliphatic heterocycles. The Balaban J connectivity index is 0.000000234. The van der Waals surface area contributed by atoms with E-state index in [-0.39, 0.29) is 5.41 Å². The van der Waals surface area contributed by atoms with Crippen molar-refractivity contribution in [1.82, 2.24) is 0 Å². The van der Waals surface area contributed by atoms with Gasteiger partial charge in [-0.25, -0.2) is 0 Å². The van der Waals surface area contributed by atoms with E-state index in [1.165, 1.54) is 6.42 Å². The van der Waals surface area contributed by atoms with E-state index < -0.39 is 0 Å². The Hall–Kier alpha value is -0.920. The first-order chi connectivity index (χ1) is 7.33. The Morgan fingerprint density at radius 2 is 1.73 bits per heavy atom. The number of hydrogen-bond acceptors (Lipinski definition) is 4. The van der Waals surface area contributed by atoms with Crippen molar-refractivity contribution in [3.05, 3.63) is 0 Å². The van der Waals surface area contributed by atoms with E-state index in [1.54, 1.807) is 0 Å². The second kappa shape index (κ2) is 6.54. The molecule has 1 aliphatic carbocycles. The molecule has 84 valence electrons. The van der Waals surface area contributed by atoms with Crippen molar-refractivity contribution < 1.29 is 14.3 Å². The van der Waals surface area contributed by atoms with E-state index in [4.69, 9.17) is 5.26 Å². The van der Waals surface area contributed by atoms with Gasteiger partial charge in [-0.15, -0.1) is 0 Å². The molecule has 0 bridgehead atoms. The van der Waals surface area contributed by atoms with Crippen LogP contribution in [0.1, 0.15) is 38.5 Å². The number of nitriles is 1. The summed E-state index contributed by atoms with van der Waals surface area (Å²) in [7, 11) is 0. The van der Waals surface area contributed by atoms with Gasteiger partial charge < -0.3 is 14.3 Å². The molecule has 0 atom stereocenters. The fraction of sp³-hybridized carbons (Fsp3) is 0.818. The zero-order valence-corrected chi connectivity index (χ0v) is 8.91. The zero-order chi connectivity index (χ0) is 11.0. The molecule has 0 aromatic heterocycles. The van der Waals surface area contributed by atoms with Crippen LogP contribution in [0.3, 0.4) is 0 Å². The van der Waals surface area contributed by atoms with Gasteiger partial charge in [-0.3, -0.25) is 0 Å². The molecule has 0 spiro atoms. The summed E-state index contributed by atoms with van der Waals surface area (Å²) in [5.41, 5.74) is -0.292. The molecule has 2 fully saturated rings. The van der Waals surface area contributed by atoms with Crippen molar-refractivity contribution in [2.45, 2.75) is 38.5 Å². The third-order valence-electron chi connectivity index (χ3n) is 2.86. The monoisotopic (exact) mass is 211 g/mol.